The van der Waals surface area contributed by atoms with E-state index < -0.39 is 0 Å². The Hall–Kier alpha value is -3.93. The molecule has 7 N–H and O–H groups in total. The Balaban J connectivity index is 1.76. The monoisotopic (exact) mass is 368 g/mol. The minimum Gasteiger partial charge on any atom is -0.384 e. The highest BCUT2D eigenvalue weighted by molar-refractivity contribution is 5.98. The third-order valence-corrected chi connectivity index (χ3v) is 4.78. The van der Waals surface area contributed by atoms with Gasteiger partial charge in [0, 0.05) is 16.7 Å². The van der Waals surface area contributed by atoms with Crippen molar-refractivity contribution < 1.29 is 0 Å². The van der Waals surface area contributed by atoms with Crippen molar-refractivity contribution in [3.05, 3.63) is 77.4 Å². The summed E-state index contributed by atoms with van der Waals surface area (Å²) < 4.78 is 0. The number of nitrogens with two attached hydrogens (primary N) is 2. The predicted molar refractivity (Wildman–Crippen MR) is 114 cm³/mol. The summed E-state index contributed by atoms with van der Waals surface area (Å²) in [5, 5.41) is 15.2. The zero-order chi connectivity index (χ0) is 19.8. The van der Waals surface area contributed by atoms with Crippen LogP contribution in [0.3, 0.4) is 0 Å². The summed E-state index contributed by atoms with van der Waals surface area (Å²) in [5.74, 6) is 0.857. The number of benzene rings is 3. The maximum Gasteiger partial charge on any atom is 0.138 e. The molecule has 6 heteroatoms. The Kier molecular flexibility index (Phi) is 4.16. The van der Waals surface area contributed by atoms with Gasteiger partial charge in [0.25, 0.3) is 0 Å². The molecule has 1 aromatic heterocycles. The topological polar surface area (TPSA) is 128 Å². The van der Waals surface area contributed by atoms with Crippen molar-refractivity contribution in [1.82, 2.24) is 9.97 Å². The number of fused-ring (bicyclic) bond motifs is 1. The molecule has 0 fully saturated rings. The van der Waals surface area contributed by atoms with Gasteiger partial charge in [-0.3, -0.25) is 10.8 Å². The summed E-state index contributed by atoms with van der Waals surface area (Å²) in [5.41, 5.74) is 18.4. The van der Waals surface area contributed by atoms with Gasteiger partial charge in [0.2, 0.25) is 0 Å². The Morgan fingerprint density at radius 3 is 2.25 bits per heavy atom. The summed E-state index contributed by atoms with van der Waals surface area (Å²) in [7, 11) is 0. The maximum absolute atomic E-state index is 7.59. The van der Waals surface area contributed by atoms with E-state index in [4.69, 9.17) is 22.3 Å². The fourth-order valence-electron chi connectivity index (χ4n) is 3.30. The van der Waals surface area contributed by atoms with E-state index in [1.165, 1.54) is 0 Å². The second-order valence-electron chi connectivity index (χ2n) is 6.76. The maximum atomic E-state index is 7.59. The SMILES string of the molecule is Cc1cc(C(=N)N)ccc1-c1cccc(-c2nc3ccc(C(=N)N)cc3[nH]2)c1. The van der Waals surface area contributed by atoms with Crippen LogP contribution in [0.15, 0.2) is 60.7 Å². The number of aryl methyl sites for hydroxylation is 1. The first-order chi connectivity index (χ1) is 13.4. The molecule has 0 radical (unpaired) electrons. The molecule has 0 saturated heterocycles. The molecular formula is C22H20N6. The van der Waals surface area contributed by atoms with Crippen LogP contribution in [0.5, 0.6) is 0 Å². The van der Waals surface area contributed by atoms with E-state index >= 15 is 0 Å². The van der Waals surface area contributed by atoms with Gasteiger partial charge in [0.1, 0.15) is 17.5 Å². The Morgan fingerprint density at radius 2 is 1.54 bits per heavy atom. The number of H-pyrrole nitrogens is 1. The number of nitrogens with one attached hydrogen (secondary N) is 3. The van der Waals surface area contributed by atoms with Gasteiger partial charge in [-0.05, 0) is 53.9 Å². The van der Waals surface area contributed by atoms with E-state index in [1.807, 2.05) is 49.4 Å². The van der Waals surface area contributed by atoms with Crippen molar-refractivity contribution in [2.75, 3.05) is 0 Å². The molecule has 0 saturated carbocycles. The Labute approximate surface area is 162 Å². The lowest BCUT2D eigenvalue weighted by molar-refractivity contribution is 1.33. The molecule has 0 aliphatic heterocycles. The number of aromatic nitrogens is 2. The van der Waals surface area contributed by atoms with Crippen LogP contribution in [0.4, 0.5) is 0 Å². The van der Waals surface area contributed by atoms with Crippen LogP contribution in [0.2, 0.25) is 0 Å². The highest BCUT2D eigenvalue weighted by Gasteiger charge is 2.10. The third-order valence-electron chi connectivity index (χ3n) is 4.78. The molecule has 0 unspecified atom stereocenters. The fraction of sp³-hybridized carbons (Fsp3) is 0.0455. The van der Waals surface area contributed by atoms with E-state index in [0.29, 0.717) is 5.56 Å². The van der Waals surface area contributed by atoms with Crippen LogP contribution in [-0.2, 0) is 0 Å². The minimum atomic E-state index is 0.0320. The van der Waals surface area contributed by atoms with E-state index in [1.54, 1.807) is 6.07 Å². The van der Waals surface area contributed by atoms with Crippen molar-refractivity contribution in [3.63, 3.8) is 0 Å². The van der Waals surface area contributed by atoms with Crippen LogP contribution in [-0.4, -0.2) is 21.6 Å². The van der Waals surface area contributed by atoms with E-state index in [-0.39, 0.29) is 11.7 Å². The summed E-state index contributed by atoms with van der Waals surface area (Å²) in [6.07, 6.45) is 0. The summed E-state index contributed by atoms with van der Waals surface area (Å²) in [6, 6.07) is 19.4. The van der Waals surface area contributed by atoms with Crippen LogP contribution in [0.25, 0.3) is 33.5 Å². The number of aromatic amines is 1. The molecule has 28 heavy (non-hydrogen) atoms. The first-order valence-corrected chi connectivity index (χ1v) is 8.82. The fourth-order valence-corrected chi connectivity index (χ4v) is 3.30. The van der Waals surface area contributed by atoms with Crippen molar-refractivity contribution in [1.29, 1.82) is 10.8 Å². The van der Waals surface area contributed by atoms with Gasteiger partial charge in [-0.1, -0.05) is 30.3 Å². The molecule has 0 aliphatic rings. The molecular weight excluding hydrogens is 348 g/mol. The lowest BCUT2D eigenvalue weighted by atomic mass is 9.97. The Morgan fingerprint density at radius 1 is 0.857 bits per heavy atom. The predicted octanol–water partition coefficient (Wildman–Crippen LogP) is 3.77. The zero-order valence-electron chi connectivity index (χ0n) is 15.4. The van der Waals surface area contributed by atoms with Gasteiger partial charge in [-0.15, -0.1) is 0 Å². The lowest BCUT2D eigenvalue weighted by Crippen LogP contribution is -2.11. The van der Waals surface area contributed by atoms with Crippen LogP contribution < -0.4 is 11.5 Å². The average Bonchev–Trinajstić information content (AvgIpc) is 3.11. The second-order valence-corrected chi connectivity index (χ2v) is 6.76. The lowest BCUT2D eigenvalue weighted by Gasteiger charge is -2.09. The smallest absolute Gasteiger partial charge is 0.138 e. The molecule has 0 spiro atoms. The zero-order valence-corrected chi connectivity index (χ0v) is 15.4. The highest BCUT2D eigenvalue weighted by Crippen LogP contribution is 2.29. The first-order valence-electron chi connectivity index (χ1n) is 8.82. The first kappa shape index (κ1) is 17.5. The van der Waals surface area contributed by atoms with Crippen molar-refractivity contribution in [2.24, 2.45) is 11.5 Å². The number of nitrogen functional groups attached to an aromatic ring is 2. The molecule has 0 aliphatic carbocycles. The number of hydrogen-bond acceptors (Lipinski definition) is 3. The van der Waals surface area contributed by atoms with Gasteiger partial charge in [-0.25, -0.2) is 4.98 Å². The molecule has 6 nitrogen and oxygen atoms in total. The van der Waals surface area contributed by atoms with Crippen LogP contribution in [0.1, 0.15) is 16.7 Å². The van der Waals surface area contributed by atoms with Gasteiger partial charge in [0.05, 0.1) is 11.0 Å². The van der Waals surface area contributed by atoms with Gasteiger partial charge >= 0.3 is 0 Å². The molecule has 0 bridgehead atoms. The molecule has 3 aromatic carbocycles. The standard InChI is InChI=1S/C22H20N6/c1-12-9-14(20(23)24)5-7-17(12)13-3-2-4-16(10-13)22-27-18-8-6-15(21(25)26)11-19(18)28-22/h2-11H,1H3,(H3,23,24)(H3,25,26)(H,27,28). The van der Waals surface area contributed by atoms with E-state index in [2.05, 4.69) is 22.1 Å². The van der Waals surface area contributed by atoms with Gasteiger partial charge in [-0.2, -0.15) is 0 Å². The number of hydrogen-bond donors (Lipinski definition) is 5. The van der Waals surface area contributed by atoms with E-state index in [9.17, 15) is 0 Å². The van der Waals surface area contributed by atoms with E-state index in [0.717, 1.165) is 44.7 Å². The van der Waals surface area contributed by atoms with Gasteiger partial charge in [0.15, 0.2) is 0 Å². The molecule has 4 rings (SSSR count). The quantitative estimate of drug-likeness (QED) is 0.278. The van der Waals surface area contributed by atoms with Gasteiger partial charge < -0.3 is 16.5 Å². The summed E-state index contributed by atoms with van der Waals surface area (Å²) in [4.78, 5) is 7.98. The normalized spacial score (nSPS) is 10.9. The van der Waals surface area contributed by atoms with Crippen molar-refractivity contribution in [2.45, 2.75) is 6.92 Å². The third kappa shape index (κ3) is 3.12. The average molecular weight is 368 g/mol. The number of nitrogens with zero attached hydrogens (tertiary/aromatic N) is 1. The van der Waals surface area contributed by atoms with Crippen LogP contribution in [0, 0.1) is 17.7 Å². The number of rotatable bonds is 4. The number of imidazole rings is 1. The van der Waals surface area contributed by atoms with Crippen molar-refractivity contribution >= 4 is 22.7 Å². The molecule has 0 atom stereocenters. The molecule has 0 amide bonds. The largest absolute Gasteiger partial charge is 0.384 e. The number of amidine groups is 2. The van der Waals surface area contributed by atoms with Crippen molar-refractivity contribution in [3.8, 4) is 22.5 Å². The minimum absolute atomic E-state index is 0.0320. The molecule has 1 heterocycles. The molecule has 138 valence electrons. The second kappa shape index (κ2) is 6.66. The summed E-state index contributed by atoms with van der Waals surface area (Å²) in [6.45, 7) is 2.01. The van der Waals surface area contributed by atoms with Crippen LogP contribution >= 0.6 is 0 Å². The highest BCUT2D eigenvalue weighted by atomic mass is 14.9. The Bertz CT molecular complexity index is 1230. The molecule has 4 aromatic rings. The summed E-state index contributed by atoms with van der Waals surface area (Å²) >= 11 is 0.